The molecule has 0 amide bonds. The molecule has 4 heteroatoms. The van der Waals surface area contributed by atoms with Crippen molar-refractivity contribution in [3.63, 3.8) is 0 Å². The summed E-state index contributed by atoms with van der Waals surface area (Å²) in [6.45, 7) is 0.778. The highest BCUT2D eigenvalue weighted by Gasteiger charge is 1.95. The summed E-state index contributed by atoms with van der Waals surface area (Å²) in [5.74, 6) is 0. The summed E-state index contributed by atoms with van der Waals surface area (Å²) in [5.41, 5.74) is 4.03. The quantitative estimate of drug-likeness (QED) is 0.922. The maximum Gasteiger partial charge on any atom is 0.0795 e. The van der Waals surface area contributed by atoms with E-state index in [4.69, 9.17) is 0 Å². The number of benzene rings is 1. The van der Waals surface area contributed by atoms with Crippen LogP contribution in [0.4, 0.5) is 5.69 Å². The molecule has 0 fully saturated rings. The second-order valence-corrected chi connectivity index (χ2v) is 4.48. The topological polar surface area (TPSA) is 24.9 Å². The lowest BCUT2D eigenvalue weighted by molar-refractivity contribution is 1.07. The lowest BCUT2D eigenvalue weighted by Gasteiger charge is -2.04. The van der Waals surface area contributed by atoms with E-state index in [0.29, 0.717) is 0 Å². The molecule has 1 aromatic carbocycles. The van der Waals surface area contributed by atoms with E-state index in [9.17, 15) is 0 Å². The molecule has 0 saturated heterocycles. The van der Waals surface area contributed by atoms with Crippen LogP contribution in [0.3, 0.4) is 0 Å². The zero-order valence-corrected chi connectivity index (χ0v) is 9.81. The summed E-state index contributed by atoms with van der Waals surface area (Å²) < 4.78 is 1.08. The van der Waals surface area contributed by atoms with Crippen molar-refractivity contribution in [1.82, 2.24) is 4.98 Å². The second-order valence-electron chi connectivity index (χ2n) is 2.84. The van der Waals surface area contributed by atoms with Crippen molar-refractivity contribution < 1.29 is 0 Å². The van der Waals surface area contributed by atoms with Crippen LogP contribution in [0.15, 0.2) is 39.6 Å². The maximum absolute atomic E-state index is 4.20. The van der Waals surface area contributed by atoms with Crippen molar-refractivity contribution >= 4 is 33.0 Å². The van der Waals surface area contributed by atoms with E-state index in [1.54, 1.807) is 11.3 Å². The zero-order chi connectivity index (χ0) is 9.80. The third-order valence-electron chi connectivity index (χ3n) is 1.78. The Hall–Kier alpha value is -0.870. The Bertz CT molecular complexity index is 400. The van der Waals surface area contributed by atoms with Gasteiger partial charge in [0.25, 0.3) is 0 Å². The molecule has 0 aliphatic heterocycles. The average Bonchev–Trinajstić information content (AvgIpc) is 2.67. The van der Waals surface area contributed by atoms with Gasteiger partial charge < -0.3 is 5.32 Å². The molecular weight excluding hydrogens is 260 g/mol. The smallest absolute Gasteiger partial charge is 0.0795 e. The van der Waals surface area contributed by atoms with E-state index < -0.39 is 0 Å². The number of nitrogens with zero attached hydrogens (tertiary/aromatic N) is 1. The SMILES string of the molecule is Brc1cccc(NCc2cscn2)c1. The van der Waals surface area contributed by atoms with Gasteiger partial charge in [0.1, 0.15) is 0 Å². The highest BCUT2D eigenvalue weighted by Crippen LogP contribution is 2.16. The van der Waals surface area contributed by atoms with Gasteiger partial charge in [-0.15, -0.1) is 11.3 Å². The molecule has 1 aromatic heterocycles. The van der Waals surface area contributed by atoms with Gasteiger partial charge in [-0.05, 0) is 18.2 Å². The standard InChI is InChI=1S/C10H9BrN2S/c11-8-2-1-3-9(4-8)12-5-10-6-14-7-13-10/h1-4,6-7,12H,5H2. The second kappa shape index (κ2) is 4.57. The van der Waals surface area contributed by atoms with Crippen LogP contribution >= 0.6 is 27.3 Å². The maximum atomic E-state index is 4.20. The van der Waals surface area contributed by atoms with Crippen LogP contribution in [0.5, 0.6) is 0 Å². The van der Waals surface area contributed by atoms with Crippen LogP contribution in [0, 0.1) is 0 Å². The zero-order valence-electron chi connectivity index (χ0n) is 7.40. The normalized spacial score (nSPS) is 10.1. The Morgan fingerprint density at radius 2 is 2.36 bits per heavy atom. The van der Waals surface area contributed by atoms with Crippen molar-refractivity contribution in [2.75, 3.05) is 5.32 Å². The highest BCUT2D eigenvalue weighted by atomic mass is 79.9. The molecule has 0 atom stereocenters. The first kappa shape index (κ1) is 9.68. The summed E-state index contributed by atoms with van der Waals surface area (Å²) in [6.07, 6.45) is 0. The van der Waals surface area contributed by atoms with Crippen molar-refractivity contribution in [2.24, 2.45) is 0 Å². The number of hydrogen-bond acceptors (Lipinski definition) is 3. The molecule has 14 heavy (non-hydrogen) atoms. The van der Waals surface area contributed by atoms with Gasteiger partial charge >= 0.3 is 0 Å². The first-order valence-corrected chi connectivity index (χ1v) is 5.95. The highest BCUT2D eigenvalue weighted by molar-refractivity contribution is 9.10. The van der Waals surface area contributed by atoms with Gasteiger partial charge in [-0.25, -0.2) is 4.98 Å². The van der Waals surface area contributed by atoms with Gasteiger partial charge in [0, 0.05) is 15.5 Å². The summed E-state index contributed by atoms with van der Waals surface area (Å²) in [4.78, 5) is 4.20. The van der Waals surface area contributed by atoms with Crippen molar-refractivity contribution in [1.29, 1.82) is 0 Å². The van der Waals surface area contributed by atoms with Crippen LogP contribution < -0.4 is 5.32 Å². The first-order valence-electron chi connectivity index (χ1n) is 4.21. The largest absolute Gasteiger partial charge is 0.379 e. The van der Waals surface area contributed by atoms with Crippen LogP contribution in [-0.4, -0.2) is 4.98 Å². The molecule has 1 N–H and O–H groups in total. The van der Waals surface area contributed by atoms with Gasteiger partial charge in [0.15, 0.2) is 0 Å². The Labute approximate surface area is 95.1 Å². The van der Waals surface area contributed by atoms with Gasteiger partial charge in [0.05, 0.1) is 17.7 Å². The number of rotatable bonds is 3. The molecule has 0 aliphatic rings. The molecule has 0 radical (unpaired) electrons. The monoisotopic (exact) mass is 268 g/mol. The van der Waals surface area contributed by atoms with E-state index in [1.807, 2.05) is 35.2 Å². The fraction of sp³-hybridized carbons (Fsp3) is 0.100. The van der Waals surface area contributed by atoms with E-state index in [0.717, 1.165) is 22.4 Å². The van der Waals surface area contributed by atoms with Crippen LogP contribution in [0.1, 0.15) is 5.69 Å². The molecule has 0 aliphatic carbocycles. The Morgan fingerprint density at radius 1 is 1.43 bits per heavy atom. The summed E-state index contributed by atoms with van der Waals surface area (Å²) in [6, 6.07) is 8.10. The van der Waals surface area contributed by atoms with Gasteiger partial charge in [-0.1, -0.05) is 22.0 Å². The average molecular weight is 269 g/mol. The molecule has 2 aromatic rings. The van der Waals surface area contributed by atoms with Gasteiger partial charge in [0.2, 0.25) is 0 Å². The third kappa shape index (κ3) is 2.56. The summed E-state index contributed by atoms with van der Waals surface area (Å²) in [5, 5.41) is 5.35. The van der Waals surface area contributed by atoms with Crippen molar-refractivity contribution in [2.45, 2.75) is 6.54 Å². The number of thiazole rings is 1. The molecule has 0 bridgehead atoms. The Kier molecular flexibility index (Phi) is 3.16. The predicted octanol–water partition coefficient (Wildman–Crippen LogP) is 3.52. The van der Waals surface area contributed by atoms with E-state index >= 15 is 0 Å². The molecule has 1 heterocycles. The summed E-state index contributed by atoms with van der Waals surface area (Å²) >= 11 is 5.04. The van der Waals surface area contributed by atoms with E-state index in [2.05, 4.69) is 26.2 Å². The van der Waals surface area contributed by atoms with Gasteiger partial charge in [-0.3, -0.25) is 0 Å². The minimum absolute atomic E-state index is 0.778. The fourth-order valence-electron chi connectivity index (χ4n) is 1.12. The summed E-state index contributed by atoms with van der Waals surface area (Å²) in [7, 11) is 0. The van der Waals surface area contributed by atoms with Crippen LogP contribution in [0.2, 0.25) is 0 Å². The molecular formula is C10H9BrN2S. The fourth-order valence-corrected chi connectivity index (χ4v) is 2.07. The minimum Gasteiger partial charge on any atom is -0.379 e. The number of aromatic nitrogens is 1. The van der Waals surface area contributed by atoms with E-state index in [-0.39, 0.29) is 0 Å². The first-order chi connectivity index (χ1) is 6.84. The van der Waals surface area contributed by atoms with E-state index in [1.165, 1.54) is 0 Å². The molecule has 72 valence electrons. The molecule has 0 unspecified atom stereocenters. The number of anilines is 1. The predicted molar refractivity (Wildman–Crippen MR) is 63.6 cm³/mol. The lowest BCUT2D eigenvalue weighted by Crippen LogP contribution is -1.98. The molecule has 0 saturated carbocycles. The third-order valence-corrected chi connectivity index (χ3v) is 2.91. The minimum atomic E-state index is 0.778. The Morgan fingerprint density at radius 3 is 3.07 bits per heavy atom. The molecule has 2 nitrogen and oxygen atoms in total. The van der Waals surface area contributed by atoms with Gasteiger partial charge in [-0.2, -0.15) is 0 Å². The molecule has 2 rings (SSSR count). The molecule has 0 spiro atoms. The number of halogens is 1. The van der Waals surface area contributed by atoms with Crippen molar-refractivity contribution in [3.8, 4) is 0 Å². The van der Waals surface area contributed by atoms with Crippen LogP contribution in [-0.2, 0) is 6.54 Å². The lowest BCUT2D eigenvalue weighted by atomic mass is 10.3. The van der Waals surface area contributed by atoms with Crippen LogP contribution in [0.25, 0.3) is 0 Å². The number of hydrogen-bond donors (Lipinski definition) is 1. The number of nitrogens with one attached hydrogen (secondary N) is 1. The Balaban J connectivity index is 1.98. The van der Waals surface area contributed by atoms with Crippen molar-refractivity contribution in [3.05, 3.63) is 45.3 Å².